The maximum atomic E-state index is 12.9. The van der Waals surface area contributed by atoms with Crippen molar-refractivity contribution in [3.05, 3.63) is 32.8 Å². The lowest BCUT2D eigenvalue weighted by Gasteiger charge is -2.36. The second-order valence-electron chi connectivity index (χ2n) is 4.91. The number of nitrogens with zero attached hydrogens (tertiary/aromatic N) is 1. The second-order valence-corrected chi connectivity index (χ2v) is 6.13. The number of benzene rings is 1. The van der Waals surface area contributed by atoms with Crippen molar-refractivity contribution in [3.63, 3.8) is 0 Å². The predicted octanol–water partition coefficient (Wildman–Crippen LogP) is 4.55. The van der Waals surface area contributed by atoms with Crippen LogP contribution in [-0.2, 0) is 0 Å². The number of hydrogen-bond acceptors (Lipinski definition) is 2. The first-order chi connectivity index (χ1) is 9.78. The molecule has 0 unspecified atom stereocenters. The molecule has 2 nitrogen and oxygen atoms in total. The van der Waals surface area contributed by atoms with Crippen LogP contribution in [0.5, 0.6) is 0 Å². The van der Waals surface area contributed by atoms with Gasteiger partial charge in [-0.05, 0) is 17.7 Å². The van der Waals surface area contributed by atoms with Crippen LogP contribution in [-0.4, -0.2) is 37.3 Å². The van der Waals surface area contributed by atoms with Crippen molar-refractivity contribution in [1.82, 2.24) is 10.2 Å². The van der Waals surface area contributed by atoms with Gasteiger partial charge in [-0.3, -0.25) is 4.90 Å². The fourth-order valence-corrected chi connectivity index (χ4v) is 3.21. The maximum absolute atomic E-state index is 12.9. The summed E-state index contributed by atoms with van der Waals surface area (Å²) in [5, 5.41) is 3.69. The summed E-state index contributed by atoms with van der Waals surface area (Å²) in [5.74, 6) is 0. The molecule has 1 aliphatic rings. The highest BCUT2D eigenvalue weighted by atomic mass is 35.5. The van der Waals surface area contributed by atoms with E-state index in [1.54, 1.807) is 4.90 Å². The van der Waals surface area contributed by atoms with E-state index in [-0.39, 0.29) is 15.1 Å². The molecule has 1 N–H and O–H groups in total. The minimum Gasteiger partial charge on any atom is -0.314 e. The third-order valence-electron chi connectivity index (χ3n) is 3.40. The van der Waals surface area contributed by atoms with Crippen LogP contribution in [0.1, 0.15) is 18.0 Å². The first kappa shape index (κ1) is 17.2. The molecular weight excluding hydrogens is 348 g/mol. The van der Waals surface area contributed by atoms with E-state index in [2.05, 4.69) is 5.32 Å². The van der Waals surface area contributed by atoms with Crippen molar-refractivity contribution in [1.29, 1.82) is 0 Å². The van der Waals surface area contributed by atoms with Gasteiger partial charge in [0.1, 0.15) is 0 Å². The molecule has 1 aliphatic heterocycles. The van der Waals surface area contributed by atoms with E-state index in [9.17, 15) is 13.2 Å². The molecule has 21 heavy (non-hydrogen) atoms. The lowest BCUT2D eigenvalue weighted by molar-refractivity contribution is -0.148. The van der Waals surface area contributed by atoms with Crippen LogP contribution >= 0.6 is 34.8 Å². The topological polar surface area (TPSA) is 15.3 Å². The van der Waals surface area contributed by atoms with Crippen molar-refractivity contribution in [2.45, 2.75) is 18.6 Å². The maximum Gasteiger partial charge on any atom is 0.390 e. The Morgan fingerprint density at radius 3 is 2.33 bits per heavy atom. The van der Waals surface area contributed by atoms with Crippen LogP contribution in [0.4, 0.5) is 13.2 Å². The Balaban J connectivity index is 2.38. The van der Waals surface area contributed by atoms with E-state index in [1.807, 2.05) is 0 Å². The highest BCUT2D eigenvalue weighted by Gasteiger charge is 2.37. The molecule has 0 amide bonds. The molecule has 0 aromatic heterocycles. The van der Waals surface area contributed by atoms with Crippen molar-refractivity contribution < 1.29 is 13.2 Å². The zero-order chi connectivity index (χ0) is 15.6. The van der Waals surface area contributed by atoms with Crippen LogP contribution in [0.3, 0.4) is 0 Å². The fraction of sp³-hybridized carbons (Fsp3) is 0.538. The summed E-state index contributed by atoms with van der Waals surface area (Å²) in [7, 11) is 0. The lowest BCUT2D eigenvalue weighted by Crippen LogP contribution is -2.46. The number of hydrogen-bond donors (Lipinski definition) is 1. The number of alkyl halides is 3. The average molecular weight is 362 g/mol. The Labute approximate surface area is 136 Å². The Bertz CT molecular complexity index is 502. The molecule has 0 spiro atoms. The Kier molecular flexibility index (Phi) is 5.65. The molecule has 1 aromatic rings. The monoisotopic (exact) mass is 360 g/mol. The Morgan fingerprint density at radius 1 is 1.14 bits per heavy atom. The molecule has 8 heteroatoms. The lowest BCUT2D eigenvalue weighted by atomic mass is 10.0. The quantitative estimate of drug-likeness (QED) is 0.795. The van der Waals surface area contributed by atoms with Gasteiger partial charge in [-0.2, -0.15) is 13.2 Å². The molecule has 1 saturated heterocycles. The number of piperazine rings is 1. The van der Waals surface area contributed by atoms with Gasteiger partial charge in [0.05, 0.1) is 16.5 Å². The van der Waals surface area contributed by atoms with Gasteiger partial charge in [-0.25, -0.2) is 0 Å². The van der Waals surface area contributed by atoms with Crippen molar-refractivity contribution in [3.8, 4) is 0 Å². The summed E-state index contributed by atoms with van der Waals surface area (Å²) in [6, 6.07) is 2.02. The summed E-state index contributed by atoms with van der Waals surface area (Å²) in [6.07, 6.45) is -5.28. The van der Waals surface area contributed by atoms with Gasteiger partial charge in [-0.15, -0.1) is 0 Å². The molecule has 118 valence electrons. The minimum atomic E-state index is -4.30. The number of halogens is 6. The number of nitrogens with one attached hydrogen (secondary N) is 1. The van der Waals surface area contributed by atoms with Crippen molar-refractivity contribution >= 4 is 34.8 Å². The van der Waals surface area contributed by atoms with Gasteiger partial charge >= 0.3 is 6.18 Å². The van der Waals surface area contributed by atoms with Gasteiger partial charge in [0.2, 0.25) is 0 Å². The van der Waals surface area contributed by atoms with Crippen LogP contribution in [0.25, 0.3) is 0 Å². The standard InChI is InChI=1S/C13H14Cl3F3N2/c14-8-5-9(12(16)10(15)6-8)11(7-13(17,18)19)21-3-1-20-2-4-21/h5-6,11,20H,1-4,7H2/t11-/m1/s1. The summed E-state index contributed by atoms with van der Waals surface area (Å²) in [5.41, 5.74) is 0.327. The zero-order valence-electron chi connectivity index (χ0n) is 11.0. The zero-order valence-corrected chi connectivity index (χ0v) is 13.3. The van der Waals surface area contributed by atoms with E-state index >= 15 is 0 Å². The summed E-state index contributed by atoms with van der Waals surface area (Å²) in [6.45, 7) is 2.31. The van der Waals surface area contributed by atoms with Crippen LogP contribution in [0, 0.1) is 0 Å². The highest BCUT2D eigenvalue weighted by Crippen LogP contribution is 2.40. The first-order valence-corrected chi connectivity index (χ1v) is 7.57. The second kappa shape index (κ2) is 6.92. The van der Waals surface area contributed by atoms with E-state index in [1.165, 1.54) is 12.1 Å². The van der Waals surface area contributed by atoms with Gasteiger partial charge in [0.25, 0.3) is 0 Å². The molecule has 2 rings (SSSR count). The average Bonchev–Trinajstić information content (AvgIpc) is 2.40. The van der Waals surface area contributed by atoms with Crippen LogP contribution in [0.15, 0.2) is 12.1 Å². The third kappa shape index (κ3) is 4.63. The van der Waals surface area contributed by atoms with Crippen molar-refractivity contribution in [2.24, 2.45) is 0 Å². The van der Waals surface area contributed by atoms with E-state index in [4.69, 9.17) is 34.8 Å². The number of rotatable bonds is 3. The molecule has 1 atom stereocenters. The SMILES string of the molecule is FC(F)(F)C[C@H](c1cc(Cl)cc(Cl)c1Cl)N1CCNCC1. The highest BCUT2D eigenvalue weighted by molar-refractivity contribution is 6.43. The third-order valence-corrected chi connectivity index (χ3v) is 4.43. The summed E-state index contributed by atoms with van der Waals surface area (Å²) < 4.78 is 38.8. The predicted molar refractivity (Wildman–Crippen MR) is 79.3 cm³/mol. The molecular formula is C13H14Cl3F3N2. The van der Waals surface area contributed by atoms with Gasteiger partial charge < -0.3 is 5.32 Å². The smallest absolute Gasteiger partial charge is 0.314 e. The fourth-order valence-electron chi connectivity index (χ4n) is 2.47. The van der Waals surface area contributed by atoms with Crippen LogP contribution < -0.4 is 5.32 Å². The van der Waals surface area contributed by atoms with Crippen LogP contribution in [0.2, 0.25) is 15.1 Å². The Morgan fingerprint density at radius 2 is 1.76 bits per heavy atom. The Hall–Kier alpha value is -0.200. The van der Waals surface area contributed by atoms with E-state index in [0.29, 0.717) is 31.7 Å². The largest absolute Gasteiger partial charge is 0.390 e. The normalized spacial score (nSPS) is 18.8. The van der Waals surface area contributed by atoms with Gasteiger partial charge in [0.15, 0.2) is 0 Å². The van der Waals surface area contributed by atoms with Gasteiger partial charge in [0, 0.05) is 37.2 Å². The van der Waals surface area contributed by atoms with Gasteiger partial charge in [-0.1, -0.05) is 34.8 Å². The summed E-state index contributed by atoms with van der Waals surface area (Å²) in [4.78, 5) is 1.76. The van der Waals surface area contributed by atoms with E-state index in [0.717, 1.165) is 0 Å². The van der Waals surface area contributed by atoms with E-state index < -0.39 is 18.6 Å². The molecule has 0 radical (unpaired) electrons. The first-order valence-electron chi connectivity index (χ1n) is 6.44. The molecule has 0 bridgehead atoms. The summed E-state index contributed by atoms with van der Waals surface area (Å²) >= 11 is 18.0. The molecule has 0 aliphatic carbocycles. The van der Waals surface area contributed by atoms with Crippen molar-refractivity contribution in [2.75, 3.05) is 26.2 Å². The molecule has 1 heterocycles. The molecule has 1 aromatic carbocycles. The molecule has 1 fully saturated rings. The molecule has 0 saturated carbocycles. The minimum absolute atomic E-state index is 0.133.